The molecule has 0 amide bonds. The van der Waals surface area contributed by atoms with E-state index in [1.54, 1.807) is 0 Å². The van der Waals surface area contributed by atoms with Crippen molar-refractivity contribution in [3.05, 3.63) is 29.3 Å². The molecule has 2 saturated heterocycles. The number of rotatable bonds is 3. The first kappa shape index (κ1) is 26.4. The van der Waals surface area contributed by atoms with Crippen LogP contribution in [0.15, 0.2) is 18.2 Å². The van der Waals surface area contributed by atoms with E-state index in [0.717, 1.165) is 19.3 Å². The number of hydrogen-bond acceptors (Lipinski definition) is 4. The molecule has 8 rings (SSSR count). The number of benzene rings is 1. The summed E-state index contributed by atoms with van der Waals surface area (Å²) in [6.45, 7) is 2.52. The molecule has 39 heavy (non-hydrogen) atoms. The van der Waals surface area contributed by atoms with Crippen molar-refractivity contribution in [3.63, 3.8) is 0 Å². The van der Waals surface area contributed by atoms with E-state index in [1.165, 1.54) is 81.8 Å². The fourth-order valence-electron chi connectivity index (χ4n) is 11.4. The van der Waals surface area contributed by atoms with Gasteiger partial charge in [-0.1, -0.05) is 43.6 Å². The van der Waals surface area contributed by atoms with Gasteiger partial charge in [0.1, 0.15) is 5.75 Å². The Hall–Kier alpha value is -1.54. The Morgan fingerprint density at radius 2 is 1.79 bits per heavy atom. The van der Waals surface area contributed by atoms with Crippen LogP contribution in [0.1, 0.15) is 108 Å². The summed E-state index contributed by atoms with van der Waals surface area (Å²) >= 11 is 0. The molecule has 7 atom stereocenters. The van der Waals surface area contributed by atoms with Gasteiger partial charge in [-0.05, 0) is 124 Å². The van der Waals surface area contributed by atoms with Crippen molar-refractivity contribution in [1.82, 2.24) is 0 Å². The van der Waals surface area contributed by atoms with Crippen LogP contribution < -0.4 is 5.73 Å². The summed E-state index contributed by atoms with van der Waals surface area (Å²) in [5.41, 5.74) is 9.48. The predicted molar refractivity (Wildman–Crippen MR) is 154 cm³/mol. The lowest BCUT2D eigenvalue weighted by Crippen LogP contribution is -2.79. The number of aliphatic hydroxyl groups is 1. The van der Waals surface area contributed by atoms with Crippen molar-refractivity contribution in [2.45, 2.75) is 126 Å². The molecule has 2 spiro atoms. The summed E-state index contributed by atoms with van der Waals surface area (Å²) in [7, 11) is 0. The number of aromatic hydroxyl groups is 1. The Kier molecular flexibility index (Phi) is 6.42. The van der Waals surface area contributed by atoms with Gasteiger partial charge in [-0.25, -0.2) is 0 Å². The van der Waals surface area contributed by atoms with Crippen molar-refractivity contribution in [1.29, 1.82) is 0 Å². The van der Waals surface area contributed by atoms with E-state index in [0.29, 0.717) is 41.8 Å². The zero-order chi connectivity index (χ0) is 26.9. The van der Waals surface area contributed by atoms with E-state index in [-0.39, 0.29) is 29.6 Å². The van der Waals surface area contributed by atoms with Gasteiger partial charge in [-0.15, -0.1) is 0 Å². The maximum absolute atomic E-state index is 10.4. The highest BCUT2D eigenvalue weighted by Gasteiger charge is 2.71. The third kappa shape index (κ3) is 4.04. The molecule has 2 aliphatic heterocycles. The van der Waals surface area contributed by atoms with E-state index < -0.39 is 5.54 Å². The van der Waals surface area contributed by atoms with Gasteiger partial charge in [0.15, 0.2) is 0 Å². The third-order valence-electron chi connectivity index (χ3n) is 12.9. The van der Waals surface area contributed by atoms with Crippen LogP contribution in [-0.2, 0) is 17.6 Å². The van der Waals surface area contributed by atoms with Crippen LogP contribution in [0.4, 0.5) is 0 Å². The average molecular weight is 532 g/mol. The molecule has 0 aromatic heterocycles. The Labute approximate surface area is 235 Å². The number of ether oxygens (including phenoxy) is 1. The molecule has 6 fully saturated rings. The van der Waals surface area contributed by atoms with Gasteiger partial charge in [0.25, 0.3) is 0 Å². The Balaban J connectivity index is 1.39. The maximum Gasteiger partial charge on any atom is 0.115 e. The molecule has 4 saturated carbocycles. The van der Waals surface area contributed by atoms with Gasteiger partial charge in [0.2, 0.25) is 0 Å². The van der Waals surface area contributed by atoms with Crippen LogP contribution in [0.3, 0.4) is 0 Å². The first-order valence-electron chi connectivity index (χ1n) is 16.2. The molecule has 2 heterocycles. The highest BCUT2D eigenvalue weighted by Crippen LogP contribution is 2.67. The second kappa shape index (κ2) is 9.50. The largest absolute Gasteiger partial charge is 0.508 e. The van der Waals surface area contributed by atoms with Crippen molar-refractivity contribution < 1.29 is 14.9 Å². The normalized spacial score (nSPS) is 42.8. The fraction of sp³-hybridized carbons (Fsp3) is 0.771. The number of phenolic OH excluding ortho intramolecular Hbond substituents is 1. The minimum atomic E-state index is -0.541. The first-order chi connectivity index (χ1) is 18.8. The summed E-state index contributed by atoms with van der Waals surface area (Å²) in [4.78, 5) is 0. The van der Waals surface area contributed by atoms with Crippen molar-refractivity contribution >= 4 is 0 Å². The maximum atomic E-state index is 10.4. The molecule has 4 bridgehead atoms. The van der Waals surface area contributed by atoms with Crippen molar-refractivity contribution in [3.8, 4) is 17.6 Å². The highest BCUT2D eigenvalue weighted by atomic mass is 16.5. The number of nitrogens with two attached hydrogens (primary N) is 1. The molecule has 212 valence electrons. The number of fused-ring (bicyclic) bond motifs is 5. The lowest BCUT2D eigenvalue weighted by molar-refractivity contribution is -0.329. The summed E-state index contributed by atoms with van der Waals surface area (Å²) in [5, 5.41) is 20.8. The second-order valence-electron chi connectivity index (χ2n) is 14.9. The van der Waals surface area contributed by atoms with Crippen LogP contribution in [0.2, 0.25) is 0 Å². The van der Waals surface area contributed by atoms with Crippen molar-refractivity contribution in [2.24, 2.45) is 40.7 Å². The molecule has 0 unspecified atom stereocenters. The molecule has 1 aromatic rings. The number of aliphatic hydroxyl groups excluding tert-OH is 1. The zero-order valence-electron chi connectivity index (χ0n) is 24.0. The molecule has 4 heteroatoms. The van der Waals surface area contributed by atoms with Gasteiger partial charge in [-0.2, -0.15) is 0 Å². The van der Waals surface area contributed by atoms with Gasteiger partial charge >= 0.3 is 0 Å². The average Bonchev–Trinajstić information content (AvgIpc) is 3.60. The SMILES string of the molecule is C[C@]1(C2CCCC2)O[C@@]23CC[C@@H]1[C@](N)(CCO)[C@H]2C#CCc1cc(O)ccc1C[C@@H]1C[C@@H]3CC2(CCCC2)C1. The Bertz CT molecular complexity index is 1160. The Morgan fingerprint density at radius 3 is 2.56 bits per heavy atom. The number of hydrogen-bond donors (Lipinski definition) is 3. The minimum absolute atomic E-state index is 0.0635. The molecular weight excluding hydrogens is 482 g/mol. The topological polar surface area (TPSA) is 75.7 Å². The van der Waals surface area contributed by atoms with Crippen LogP contribution >= 0.6 is 0 Å². The van der Waals surface area contributed by atoms with Gasteiger partial charge in [-0.3, -0.25) is 0 Å². The standard InChI is InChI=1S/C35H49NO3/c1-32(27-8-2-3-9-27)30-13-16-35(39-32)28-20-24(22-33(23-28)14-4-5-15-33)19-26-11-12-29(38)21-25(26)7-6-10-31(35)34(30,36)17-18-37/h11-12,21,24,27-28,30-31,37-38H,2-5,7-9,13-20,22-23,36H2,1H3/t24-,28-,30+,31-,32-,34-,35-/m1/s1. The Morgan fingerprint density at radius 1 is 1.00 bits per heavy atom. The van der Waals surface area contributed by atoms with E-state index in [9.17, 15) is 10.2 Å². The molecule has 7 aliphatic rings. The van der Waals surface area contributed by atoms with Crippen LogP contribution in [-0.4, -0.2) is 33.6 Å². The lowest BCUT2D eigenvalue weighted by Gasteiger charge is -2.70. The van der Waals surface area contributed by atoms with E-state index >= 15 is 0 Å². The molecular formula is C35H49NO3. The summed E-state index contributed by atoms with van der Waals surface area (Å²) in [6.07, 6.45) is 18.7. The lowest BCUT2D eigenvalue weighted by atomic mass is 9.45. The van der Waals surface area contributed by atoms with E-state index in [4.69, 9.17) is 10.5 Å². The van der Waals surface area contributed by atoms with Crippen LogP contribution in [0.25, 0.3) is 0 Å². The van der Waals surface area contributed by atoms with Crippen LogP contribution in [0.5, 0.6) is 5.75 Å². The van der Waals surface area contributed by atoms with Gasteiger partial charge in [0.05, 0.1) is 17.1 Å². The summed E-state index contributed by atoms with van der Waals surface area (Å²) in [6, 6.07) is 5.95. The molecule has 1 aromatic carbocycles. The smallest absolute Gasteiger partial charge is 0.115 e. The quantitative estimate of drug-likeness (QED) is 0.401. The molecule has 5 aliphatic carbocycles. The predicted octanol–water partition coefficient (Wildman–Crippen LogP) is 6.29. The van der Waals surface area contributed by atoms with Crippen molar-refractivity contribution in [2.75, 3.05) is 6.61 Å². The monoisotopic (exact) mass is 531 g/mol. The second-order valence-corrected chi connectivity index (χ2v) is 14.9. The third-order valence-corrected chi connectivity index (χ3v) is 12.9. The number of phenols is 1. The van der Waals surface area contributed by atoms with Gasteiger partial charge < -0.3 is 20.7 Å². The molecule has 4 nitrogen and oxygen atoms in total. The van der Waals surface area contributed by atoms with Gasteiger partial charge in [0, 0.05) is 24.5 Å². The molecule has 0 radical (unpaired) electrons. The summed E-state index contributed by atoms with van der Waals surface area (Å²) < 4.78 is 7.74. The fourth-order valence-corrected chi connectivity index (χ4v) is 11.4. The summed E-state index contributed by atoms with van der Waals surface area (Å²) in [5.74, 6) is 9.51. The first-order valence-corrected chi connectivity index (χ1v) is 16.2. The zero-order valence-corrected chi connectivity index (χ0v) is 24.0. The minimum Gasteiger partial charge on any atom is -0.508 e. The van der Waals surface area contributed by atoms with E-state index in [1.807, 2.05) is 12.1 Å². The molecule has 4 N–H and O–H groups in total. The van der Waals surface area contributed by atoms with Crippen LogP contribution in [0, 0.1) is 46.8 Å². The van der Waals surface area contributed by atoms with E-state index in [2.05, 4.69) is 24.8 Å². The highest BCUT2D eigenvalue weighted by molar-refractivity contribution is 5.39.